The van der Waals surface area contributed by atoms with E-state index in [0.717, 1.165) is 15.7 Å². The molecule has 1 N–H and O–H groups in total. The lowest BCUT2D eigenvalue weighted by molar-refractivity contribution is 0.0698. The summed E-state index contributed by atoms with van der Waals surface area (Å²) in [5.41, 5.74) is 1.98. The molecular formula is C17H16BrN3O2. The molecule has 0 atom stereocenters. The van der Waals surface area contributed by atoms with Gasteiger partial charge in [0, 0.05) is 15.5 Å². The van der Waals surface area contributed by atoms with Gasteiger partial charge in [-0.3, -0.25) is 0 Å². The summed E-state index contributed by atoms with van der Waals surface area (Å²) in [4.78, 5) is 16.0. The van der Waals surface area contributed by atoms with Crippen LogP contribution in [0.1, 0.15) is 37.0 Å². The van der Waals surface area contributed by atoms with Gasteiger partial charge in [-0.25, -0.2) is 14.3 Å². The molecule has 0 fully saturated rings. The number of pyridine rings is 1. The van der Waals surface area contributed by atoms with E-state index >= 15 is 0 Å². The summed E-state index contributed by atoms with van der Waals surface area (Å²) in [5.74, 6) is -0.397. The van der Waals surface area contributed by atoms with Crippen LogP contribution in [0.15, 0.2) is 40.9 Å². The van der Waals surface area contributed by atoms with Gasteiger partial charge in [0.05, 0.1) is 5.69 Å². The largest absolute Gasteiger partial charge is 0.478 e. The molecule has 0 radical (unpaired) electrons. The Hall–Kier alpha value is -2.21. The average molecular weight is 374 g/mol. The maximum Gasteiger partial charge on any atom is 0.339 e. The number of aromatic nitrogens is 3. The maximum atomic E-state index is 11.5. The molecule has 118 valence electrons. The summed E-state index contributed by atoms with van der Waals surface area (Å²) in [6, 6.07) is 11.1. The third-order valence-electron chi connectivity index (χ3n) is 3.51. The molecule has 0 unspecified atom stereocenters. The molecule has 6 heteroatoms. The lowest BCUT2D eigenvalue weighted by Gasteiger charge is -2.12. The van der Waals surface area contributed by atoms with Crippen LogP contribution in [0.5, 0.6) is 0 Å². The highest BCUT2D eigenvalue weighted by atomic mass is 79.9. The first-order chi connectivity index (χ1) is 10.8. The molecule has 3 aromatic rings. The van der Waals surface area contributed by atoms with Crippen LogP contribution in [0.25, 0.3) is 16.9 Å². The molecule has 0 saturated carbocycles. The van der Waals surface area contributed by atoms with Crippen molar-refractivity contribution >= 4 is 27.5 Å². The van der Waals surface area contributed by atoms with Crippen molar-refractivity contribution in [3.8, 4) is 11.3 Å². The first-order valence-corrected chi connectivity index (χ1v) is 7.96. The van der Waals surface area contributed by atoms with Crippen molar-refractivity contribution in [2.75, 3.05) is 0 Å². The Bertz CT molecular complexity index is 910. The lowest BCUT2D eigenvalue weighted by Crippen LogP contribution is -2.13. The minimum absolute atomic E-state index is 0.145. The van der Waals surface area contributed by atoms with Gasteiger partial charge in [-0.05, 0) is 24.3 Å². The molecule has 0 saturated heterocycles. The number of carbonyl (C=O) groups is 1. The van der Waals surface area contributed by atoms with Crippen molar-refractivity contribution in [1.29, 1.82) is 0 Å². The summed E-state index contributed by atoms with van der Waals surface area (Å²) in [7, 11) is 0. The predicted molar refractivity (Wildman–Crippen MR) is 91.8 cm³/mol. The monoisotopic (exact) mass is 373 g/mol. The van der Waals surface area contributed by atoms with Gasteiger partial charge in [0.2, 0.25) is 0 Å². The molecule has 5 nitrogen and oxygen atoms in total. The zero-order valence-corrected chi connectivity index (χ0v) is 14.6. The Labute approximate surface area is 142 Å². The number of aromatic carboxylic acids is 1. The fraction of sp³-hybridized carbons (Fsp3) is 0.235. The third-order valence-corrected chi connectivity index (χ3v) is 4.00. The van der Waals surface area contributed by atoms with Gasteiger partial charge < -0.3 is 5.11 Å². The highest BCUT2D eigenvalue weighted by Gasteiger charge is 2.23. The van der Waals surface area contributed by atoms with Crippen LogP contribution in [-0.4, -0.2) is 25.7 Å². The quantitative estimate of drug-likeness (QED) is 0.732. The Morgan fingerprint density at radius 1 is 1.22 bits per heavy atom. The fourth-order valence-electron chi connectivity index (χ4n) is 2.31. The van der Waals surface area contributed by atoms with Gasteiger partial charge >= 0.3 is 5.97 Å². The molecule has 2 aromatic heterocycles. The minimum Gasteiger partial charge on any atom is -0.478 e. The first kappa shape index (κ1) is 15.7. The van der Waals surface area contributed by atoms with Crippen molar-refractivity contribution in [2.24, 2.45) is 0 Å². The van der Waals surface area contributed by atoms with E-state index in [2.05, 4.69) is 26.0 Å². The van der Waals surface area contributed by atoms with Crippen molar-refractivity contribution < 1.29 is 9.90 Å². The number of fused-ring (bicyclic) bond motifs is 1. The topological polar surface area (TPSA) is 67.5 Å². The number of benzene rings is 1. The van der Waals surface area contributed by atoms with Gasteiger partial charge in [0.15, 0.2) is 11.5 Å². The summed E-state index contributed by atoms with van der Waals surface area (Å²) in [5, 5.41) is 14.0. The van der Waals surface area contributed by atoms with Crippen LogP contribution in [0.2, 0.25) is 0 Å². The zero-order valence-electron chi connectivity index (χ0n) is 13.0. The third kappa shape index (κ3) is 2.86. The Kier molecular flexibility index (Phi) is 3.72. The van der Waals surface area contributed by atoms with Crippen LogP contribution >= 0.6 is 15.9 Å². The summed E-state index contributed by atoms with van der Waals surface area (Å²) < 4.78 is 2.56. The molecule has 0 spiro atoms. The number of carboxylic acids is 1. The fourth-order valence-corrected chi connectivity index (χ4v) is 2.71. The lowest BCUT2D eigenvalue weighted by atomic mass is 9.96. The van der Waals surface area contributed by atoms with Crippen molar-refractivity contribution in [1.82, 2.24) is 14.6 Å². The van der Waals surface area contributed by atoms with Crippen LogP contribution in [0.4, 0.5) is 0 Å². The highest BCUT2D eigenvalue weighted by Crippen LogP contribution is 2.27. The molecule has 23 heavy (non-hydrogen) atoms. The summed E-state index contributed by atoms with van der Waals surface area (Å²) >= 11 is 3.46. The second-order valence-corrected chi connectivity index (χ2v) is 7.28. The van der Waals surface area contributed by atoms with E-state index in [4.69, 9.17) is 0 Å². The van der Waals surface area contributed by atoms with Gasteiger partial charge in [0.1, 0.15) is 5.56 Å². The number of rotatable bonds is 2. The number of carboxylic acid groups (broad SMARTS) is 1. The molecule has 2 heterocycles. The normalized spacial score (nSPS) is 11.8. The number of hydrogen-bond acceptors (Lipinski definition) is 3. The predicted octanol–water partition coefficient (Wildman–Crippen LogP) is 4.15. The van der Waals surface area contributed by atoms with E-state index in [1.807, 2.05) is 45.0 Å². The van der Waals surface area contributed by atoms with Crippen LogP contribution < -0.4 is 0 Å². The zero-order chi connectivity index (χ0) is 16.8. The number of halogens is 1. The second kappa shape index (κ2) is 5.45. The second-order valence-electron chi connectivity index (χ2n) is 6.37. The Balaban J connectivity index is 2.34. The van der Waals surface area contributed by atoms with Crippen molar-refractivity contribution in [2.45, 2.75) is 26.2 Å². The van der Waals surface area contributed by atoms with Gasteiger partial charge in [0.25, 0.3) is 0 Å². The van der Waals surface area contributed by atoms with E-state index in [9.17, 15) is 9.90 Å². The van der Waals surface area contributed by atoms with E-state index in [0.29, 0.717) is 11.5 Å². The van der Waals surface area contributed by atoms with Crippen LogP contribution in [-0.2, 0) is 5.41 Å². The van der Waals surface area contributed by atoms with Gasteiger partial charge in [-0.1, -0.05) is 48.8 Å². The molecule has 0 aliphatic heterocycles. The molecule has 0 amide bonds. The van der Waals surface area contributed by atoms with Gasteiger partial charge in [-0.2, -0.15) is 5.10 Å². The van der Waals surface area contributed by atoms with E-state index in [-0.39, 0.29) is 11.0 Å². The molecule has 1 aromatic carbocycles. The molecule has 0 aliphatic carbocycles. The van der Waals surface area contributed by atoms with Gasteiger partial charge in [-0.15, -0.1) is 0 Å². The Morgan fingerprint density at radius 3 is 2.57 bits per heavy atom. The average Bonchev–Trinajstić information content (AvgIpc) is 2.90. The van der Waals surface area contributed by atoms with E-state index < -0.39 is 5.97 Å². The van der Waals surface area contributed by atoms with Crippen LogP contribution in [0, 0.1) is 0 Å². The maximum absolute atomic E-state index is 11.5. The minimum atomic E-state index is -1.01. The standard InChI is InChI=1S/C17H16BrN3O2/c1-17(2,3)16-19-14-12(15(22)23)7-8-13(21(14)20-16)10-5-4-6-11(18)9-10/h4-9H,1-3H3,(H,22,23). The first-order valence-electron chi connectivity index (χ1n) is 7.17. The highest BCUT2D eigenvalue weighted by molar-refractivity contribution is 9.10. The number of nitrogens with zero attached hydrogens (tertiary/aromatic N) is 3. The number of hydrogen-bond donors (Lipinski definition) is 1. The summed E-state index contributed by atoms with van der Waals surface area (Å²) in [6.45, 7) is 6.00. The van der Waals surface area contributed by atoms with E-state index in [1.165, 1.54) is 0 Å². The molecule has 0 bridgehead atoms. The van der Waals surface area contributed by atoms with Crippen molar-refractivity contribution in [3.63, 3.8) is 0 Å². The van der Waals surface area contributed by atoms with E-state index in [1.54, 1.807) is 16.6 Å². The SMILES string of the molecule is CC(C)(C)c1nc2c(C(=O)O)ccc(-c3cccc(Br)c3)n2n1. The summed E-state index contributed by atoms with van der Waals surface area (Å²) in [6.07, 6.45) is 0. The van der Waals surface area contributed by atoms with Crippen LogP contribution in [0.3, 0.4) is 0 Å². The Morgan fingerprint density at radius 2 is 1.96 bits per heavy atom. The molecule has 3 rings (SSSR count). The van der Waals surface area contributed by atoms with Crippen molar-refractivity contribution in [3.05, 3.63) is 52.3 Å². The molecule has 0 aliphatic rings. The molecular weight excluding hydrogens is 358 g/mol. The smallest absolute Gasteiger partial charge is 0.339 e.